The predicted octanol–water partition coefficient (Wildman–Crippen LogP) is -0.0839. The molecule has 0 spiro atoms. The van der Waals surface area contributed by atoms with E-state index in [9.17, 15) is 10.0 Å². The summed E-state index contributed by atoms with van der Waals surface area (Å²) in [5, 5.41) is 37.6. The molecule has 0 aliphatic heterocycles. The van der Waals surface area contributed by atoms with E-state index < -0.39 is 23.6 Å². The van der Waals surface area contributed by atoms with Crippen LogP contribution in [-0.2, 0) is 0 Å². The average molecular weight is 267 g/mol. The molecule has 6 heteroatoms. The van der Waals surface area contributed by atoms with Crippen LogP contribution in [0.3, 0.4) is 0 Å². The normalized spacial score (nSPS) is 14.1. The summed E-state index contributed by atoms with van der Waals surface area (Å²) in [7, 11) is -1.88. The molecular weight excluding hydrogens is 242 g/mol. The number of aliphatic hydroxyl groups is 2. The average Bonchev–Trinajstić information content (AvgIpc) is 1.99. The van der Waals surface area contributed by atoms with Crippen LogP contribution in [0.4, 0.5) is 0 Å². The standard InChI is InChI=1S/C6H14O2.C5H10BClO2/c1-5(2,7)6(3,4)8;1-4(2)3-5(7)6(8)9/h7-8H,1-4H3;4-5H,3H2,1-2H3/q;-2. The van der Waals surface area contributed by atoms with Gasteiger partial charge in [0.1, 0.15) is 0 Å². The molecule has 0 radical (unpaired) electrons. The van der Waals surface area contributed by atoms with Crippen molar-refractivity contribution in [1.82, 2.24) is 0 Å². The summed E-state index contributed by atoms with van der Waals surface area (Å²) >= 11 is 5.39. The monoisotopic (exact) mass is 266 g/mol. The summed E-state index contributed by atoms with van der Waals surface area (Å²) in [5.41, 5.74) is -2.01. The summed E-state index contributed by atoms with van der Waals surface area (Å²) < 4.78 is 0. The molecule has 104 valence electrons. The molecular formula is C11H24BClO4-2. The Morgan fingerprint density at radius 1 is 1.06 bits per heavy atom. The van der Waals surface area contributed by atoms with Crippen molar-refractivity contribution in [3.8, 4) is 0 Å². The predicted molar refractivity (Wildman–Crippen MR) is 67.4 cm³/mol. The first-order valence-corrected chi connectivity index (χ1v) is 6.13. The van der Waals surface area contributed by atoms with Crippen LogP contribution < -0.4 is 10.0 Å². The molecule has 0 fully saturated rings. The third-order valence-corrected chi connectivity index (χ3v) is 2.87. The number of hydrogen-bond acceptors (Lipinski definition) is 4. The fourth-order valence-electron chi connectivity index (χ4n) is 0.561. The molecule has 0 saturated carbocycles. The van der Waals surface area contributed by atoms with E-state index in [1.165, 1.54) is 0 Å². The number of hydrogen-bond donors (Lipinski definition) is 2. The lowest BCUT2D eigenvalue weighted by molar-refractivity contribution is -0.350. The summed E-state index contributed by atoms with van der Waals surface area (Å²) in [5.74, 6) is 0.331. The fourth-order valence-corrected chi connectivity index (χ4v) is 0.918. The maximum atomic E-state index is 10.1. The largest absolute Gasteiger partial charge is 0.892 e. The Labute approximate surface area is 110 Å². The Morgan fingerprint density at radius 2 is 1.35 bits per heavy atom. The molecule has 0 saturated heterocycles. The molecule has 0 aliphatic rings. The molecule has 0 rings (SSSR count). The van der Waals surface area contributed by atoms with Gasteiger partial charge in [0.25, 0.3) is 0 Å². The van der Waals surface area contributed by atoms with Gasteiger partial charge in [0.15, 0.2) is 0 Å². The van der Waals surface area contributed by atoms with Crippen LogP contribution in [0.5, 0.6) is 0 Å². The summed E-state index contributed by atoms with van der Waals surface area (Å²) in [6.07, 6.45) is 0.513. The molecule has 0 aromatic carbocycles. The number of rotatable bonds is 4. The van der Waals surface area contributed by atoms with Gasteiger partial charge in [0, 0.05) is 0 Å². The topological polar surface area (TPSA) is 86.6 Å². The van der Waals surface area contributed by atoms with Gasteiger partial charge in [-0.2, -0.15) is 0 Å². The van der Waals surface area contributed by atoms with E-state index in [2.05, 4.69) is 0 Å². The van der Waals surface area contributed by atoms with Crippen LogP contribution in [0.2, 0.25) is 0 Å². The zero-order chi connectivity index (χ0) is 14.4. The molecule has 0 amide bonds. The van der Waals surface area contributed by atoms with E-state index in [4.69, 9.17) is 21.8 Å². The minimum atomic E-state index is -1.88. The zero-order valence-corrected chi connectivity index (χ0v) is 12.3. The fraction of sp³-hybridized carbons (Fsp3) is 1.00. The van der Waals surface area contributed by atoms with E-state index in [1.54, 1.807) is 27.7 Å². The molecule has 0 aromatic heterocycles. The van der Waals surface area contributed by atoms with Crippen molar-refractivity contribution < 1.29 is 20.3 Å². The van der Waals surface area contributed by atoms with Crippen molar-refractivity contribution in [2.24, 2.45) is 5.92 Å². The molecule has 1 unspecified atom stereocenters. The zero-order valence-electron chi connectivity index (χ0n) is 11.5. The smallest absolute Gasteiger partial charge is 0.0872 e. The lowest BCUT2D eigenvalue weighted by Gasteiger charge is -2.32. The van der Waals surface area contributed by atoms with Crippen LogP contribution in [-0.4, -0.2) is 33.8 Å². The highest BCUT2D eigenvalue weighted by molar-refractivity contribution is 6.54. The quantitative estimate of drug-likeness (QED) is 0.550. The molecule has 2 N–H and O–H groups in total. The SMILES string of the molecule is CC(C)(O)C(C)(C)O.CC(C)CC(Cl)B([O-])[O-]. The van der Waals surface area contributed by atoms with Crippen LogP contribution in [0.25, 0.3) is 0 Å². The van der Waals surface area contributed by atoms with Gasteiger partial charge >= 0.3 is 0 Å². The third-order valence-electron chi connectivity index (χ3n) is 2.49. The summed E-state index contributed by atoms with van der Waals surface area (Å²) in [4.78, 5) is 0. The second-order valence-electron chi connectivity index (χ2n) is 5.63. The lowest BCUT2D eigenvalue weighted by Crippen LogP contribution is -2.53. The Balaban J connectivity index is 0. The van der Waals surface area contributed by atoms with E-state index in [0.29, 0.717) is 12.3 Å². The van der Waals surface area contributed by atoms with Gasteiger partial charge in [-0.05, 0) is 45.3 Å². The van der Waals surface area contributed by atoms with E-state index >= 15 is 0 Å². The van der Waals surface area contributed by atoms with Crippen LogP contribution in [0.1, 0.15) is 48.0 Å². The van der Waals surface area contributed by atoms with Gasteiger partial charge in [-0.25, -0.2) is 0 Å². The Bertz CT molecular complexity index is 185. The first-order valence-electron chi connectivity index (χ1n) is 5.69. The van der Waals surface area contributed by atoms with E-state index in [1.807, 2.05) is 13.8 Å². The van der Waals surface area contributed by atoms with Crippen LogP contribution >= 0.6 is 11.6 Å². The molecule has 0 bridgehead atoms. The van der Waals surface area contributed by atoms with Crippen molar-refractivity contribution >= 4 is 18.7 Å². The van der Waals surface area contributed by atoms with Crippen LogP contribution in [0, 0.1) is 5.92 Å². The highest BCUT2D eigenvalue weighted by atomic mass is 35.5. The number of halogens is 1. The highest BCUT2D eigenvalue weighted by Gasteiger charge is 2.31. The number of alkyl halides is 1. The maximum Gasteiger partial charge on any atom is 0.0872 e. The van der Waals surface area contributed by atoms with Crippen molar-refractivity contribution in [1.29, 1.82) is 0 Å². The van der Waals surface area contributed by atoms with Crippen LogP contribution in [0.15, 0.2) is 0 Å². The van der Waals surface area contributed by atoms with Gasteiger partial charge in [0.05, 0.1) is 11.2 Å². The third kappa shape index (κ3) is 11.0. The summed E-state index contributed by atoms with van der Waals surface area (Å²) in [6.45, 7) is 10.2. The highest BCUT2D eigenvalue weighted by Crippen LogP contribution is 2.19. The van der Waals surface area contributed by atoms with E-state index in [-0.39, 0.29) is 0 Å². The second-order valence-corrected chi connectivity index (χ2v) is 6.19. The first-order chi connectivity index (χ1) is 7.29. The second kappa shape index (κ2) is 7.59. The van der Waals surface area contributed by atoms with Gasteiger partial charge in [0.2, 0.25) is 0 Å². The first kappa shape index (κ1) is 19.5. The minimum Gasteiger partial charge on any atom is -0.892 e. The van der Waals surface area contributed by atoms with Gasteiger partial charge in [-0.1, -0.05) is 21.0 Å². The van der Waals surface area contributed by atoms with Gasteiger partial charge in [-0.3, -0.25) is 0 Å². The van der Waals surface area contributed by atoms with Crippen molar-refractivity contribution in [3.63, 3.8) is 0 Å². The Kier molecular flexibility index (Phi) is 8.72. The summed E-state index contributed by atoms with van der Waals surface area (Å²) in [6, 6.07) is 0. The van der Waals surface area contributed by atoms with Gasteiger partial charge < -0.3 is 20.3 Å². The lowest BCUT2D eigenvalue weighted by atomic mass is 9.81. The molecule has 0 aliphatic carbocycles. The van der Waals surface area contributed by atoms with Gasteiger partial charge in [-0.15, -0.1) is 11.6 Å². The van der Waals surface area contributed by atoms with Crippen molar-refractivity contribution in [3.05, 3.63) is 0 Å². The molecule has 0 aromatic rings. The van der Waals surface area contributed by atoms with Crippen molar-refractivity contribution in [2.75, 3.05) is 0 Å². The Hall–Kier alpha value is 0.195. The molecule has 0 heterocycles. The molecule has 1 atom stereocenters. The maximum absolute atomic E-state index is 10.1. The Morgan fingerprint density at radius 3 is 1.41 bits per heavy atom. The molecule has 17 heavy (non-hydrogen) atoms. The van der Waals surface area contributed by atoms with E-state index in [0.717, 1.165) is 0 Å². The molecule has 4 nitrogen and oxygen atoms in total. The minimum absolute atomic E-state index is 0.331. The van der Waals surface area contributed by atoms with Crippen molar-refractivity contribution in [2.45, 2.75) is 64.4 Å².